The van der Waals surface area contributed by atoms with Crippen LogP contribution in [0.15, 0.2) is 29.4 Å². The molecular weight excluding hydrogens is 432 g/mol. The zero-order chi connectivity index (χ0) is 20.0. The third kappa shape index (κ3) is 3.40. The summed E-state index contributed by atoms with van der Waals surface area (Å²) in [6, 6.07) is 4.72. The van der Waals surface area contributed by atoms with E-state index in [0.717, 1.165) is 29.5 Å². The van der Waals surface area contributed by atoms with E-state index < -0.39 is 10.0 Å². The fourth-order valence-corrected chi connectivity index (χ4v) is 6.68. The Bertz CT molecular complexity index is 1190. The van der Waals surface area contributed by atoms with E-state index in [1.807, 2.05) is 0 Å². The molecule has 1 saturated heterocycles. The lowest BCUT2D eigenvalue weighted by Crippen LogP contribution is -2.40. The van der Waals surface area contributed by atoms with Crippen molar-refractivity contribution < 1.29 is 13.2 Å². The fraction of sp³-hybridized carbons (Fsp3) is 0.368. The quantitative estimate of drug-likeness (QED) is 0.653. The van der Waals surface area contributed by atoms with Gasteiger partial charge < -0.3 is 10.1 Å². The van der Waals surface area contributed by atoms with Crippen LogP contribution in [0.1, 0.15) is 16.9 Å². The summed E-state index contributed by atoms with van der Waals surface area (Å²) in [7, 11) is -3.61. The van der Waals surface area contributed by atoms with Gasteiger partial charge in [0, 0.05) is 18.0 Å². The number of fused-ring (bicyclic) bond motifs is 3. The first-order valence-electron chi connectivity index (χ1n) is 9.44. The average molecular weight is 451 g/mol. The van der Waals surface area contributed by atoms with Gasteiger partial charge in [0.05, 0.1) is 34.2 Å². The zero-order valence-corrected chi connectivity index (χ0v) is 17.9. The van der Waals surface area contributed by atoms with Gasteiger partial charge in [0.2, 0.25) is 10.0 Å². The Morgan fingerprint density at radius 2 is 2.00 bits per heavy atom. The highest BCUT2D eigenvalue weighted by Gasteiger charge is 2.27. The molecule has 0 amide bonds. The summed E-state index contributed by atoms with van der Waals surface area (Å²) < 4.78 is 32.7. The van der Waals surface area contributed by atoms with E-state index in [9.17, 15) is 8.42 Å². The lowest BCUT2D eigenvalue weighted by Gasteiger charge is -2.26. The van der Waals surface area contributed by atoms with Crippen molar-refractivity contribution >= 4 is 54.7 Å². The van der Waals surface area contributed by atoms with Crippen LogP contribution >= 0.6 is 22.9 Å². The van der Waals surface area contributed by atoms with Crippen molar-refractivity contribution in [2.45, 2.75) is 24.2 Å². The number of anilines is 2. The molecule has 152 valence electrons. The van der Waals surface area contributed by atoms with Crippen molar-refractivity contribution in [1.82, 2.24) is 14.3 Å². The van der Waals surface area contributed by atoms with Gasteiger partial charge in [-0.15, -0.1) is 11.3 Å². The maximum atomic E-state index is 13.0. The molecule has 2 aromatic heterocycles. The summed E-state index contributed by atoms with van der Waals surface area (Å²) in [5, 5.41) is 4.71. The van der Waals surface area contributed by atoms with Crippen molar-refractivity contribution in [2.24, 2.45) is 0 Å². The Morgan fingerprint density at radius 1 is 1.17 bits per heavy atom. The van der Waals surface area contributed by atoms with Crippen LogP contribution in [-0.4, -0.2) is 49.0 Å². The van der Waals surface area contributed by atoms with Gasteiger partial charge in [-0.2, -0.15) is 4.31 Å². The minimum absolute atomic E-state index is 0.201. The molecule has 2 aliphatic rings. The molecular formula is C19H19ClN4O3S2. The van der Waals surface area contributed by atoms with E-state index in [1.54, 1.807) is 23.5 Å². The molecule has 1 fully saturated rings. The number of ether oxygens (including phenoxy) is 1. The standard InChI is InChI=1S/C19H19ClN4O3S2/c20-14-5-4-12(29(25,26)24-6-8-27-9-7-24)10-15(14)23-18-17-13-2-1-3-16(13)28-19(17)22-11-21-18/h4-5,10-11H,1-3,6-9H2,(H,21,22,23). The second-order valence-electron chi connectivity index (χ2n) is 7.04. The number of benzene rings is 1. The molecule has 0 atom stereocenters. The van der Waals surface area contributed by atoms with E-state index in [2.05, 4.69) is 15.3 Å². The minimum atomic E-state index is -3.61. The lowest BCUT2D eigenvalue weighted by molar-refractivity contribution is 0.0730. The Labute approximate surface area is 177 Å². The number of sulfonamides is 1. The first kappa shape index (κ1) is 19.2. The number of hydrogen-bond acceptors (Lipinski definition) is 7. The molecule has 1 aromatic carbocycles. The highest BCUT2D eigenvalue weighted by Crippen LogP contribution is 2.40. The van der Waals surface area contributed by atoms with E-state index in [-0.39, 0.29) is 4.90 Å². The SMILES string of the molecule is O=S(=O)(c1ccc(Cl)c(Nc2ncnc3sc4c(c23)CCC4)c1)N1CCOCC1. The van der Waals surface area contributed by atoms with Crippen LogP contribution in [0.2, 0.25) is 5.02 Å². The largest absolute Gasteiger partial charge is 0.379 e. The van der Waals surface area contributed by atoms with Crippen LogP contribution in [0.4, 0.5) is 11.5 Å². The second-order valence-corrected chi connectivity index (χ2v) is 10.5. The van der Waals surface area contributed by atoms with Crippen LogP contribution in [0.25, 0.3) is 10.2 Å². The predicted octanol–water partition coefficient (Wildman–Crippen LogP) is 3.60. The Hall–Kier alpha value is -1.78. The highest BCUT2D eigenvalue weighted by atomic mass is 35.5. The summed E-state index contributed by atoms with van der Waals surface area (Å²) in [4.78, 5) is 11.3. The minimum Gasteiger partial charge on any atom is -0.379 e. The molecule has 1 N–H and O–H groups in total. The number of halogens is 1. The molecule has 5 rings (SSSR count). The third-order valence-electron chi connectivity index (χ3n) is 5.30. The van der Waals surface area contributed by atoms with Crippen LogP contribution in [0, 0.1) is 0 Å². The molecule has 0 saturated carbocycles. The van der Waals surface area contributed by atoms with Gasteiger partial charge in [0.25, 0.3) is 0 Å². The zero-order valence-electron chi connectivity index (χ0n) is 15.5. The molecule has 1 aliphatic carbocycles. The normalized spacial score (nSPS) is 17.6. The smallest absolute Gasteiger partial charge is 0.243 e. The molecule has 0 bridgehead atoms. The topological polar surface area (TPSA) is 84.4 Å². The third-order valence-corrected chi connectivity index (χ3v) is 8.72. The van der Waals surface area contributed by atoms with E-state index in [1.165, 1.54) is 27.1 Å². The van der Waals surface area contributed by atoms with Gasteiger partial charge in [-0.3, -0.25) is 0 Å². The van der Waals surface area contributed by atoms with Crippen LogP contribution in [-0.2, 0) is 27.6 Å². The summed E-state index contributed by atoms with van der Waals surface area (Å²) >= 11 is 8.10. The molecule has 7 nitrogen and oxygen atoms in total. The van der Waals surface area contributed by atoms with Crippen molar-refractivity contribution in [2.75, 3.05) is 31.6 Å². The van der Waals surface area contributed by atoms with Crippen LogP contribution < -0.4 is 5.32 Å². The van der Waals surface area contributed by atoms with Crippen molar-refractivity contribution in [3.63, 3.8) is 0 Å². The van der Waals surface area contributed by atoms with Gasteiger partial charge in [0.1, 0.15) is 17.0 Å². The van der Waals surface area contributed by atoms with Gasteiger partial charge in [0.15, 0.2) is 0 Å². The number of nitrogens with zero attached hydrogens (tertiary/aromatic N) is 3. The van der Waals surface area contributed by atoms with Crippen molar-refractivity contribution in [1.29, 1.82) is 0 Å². The predicted molar refractivity (Wildman–Crippen MR) is 114 cm³/mol. The lowest BCUT2D eigenvalue weighted by atomic mass is 10.2. The van der Waals surface area contributed by atoms with Gasteiger partial charge >= 0.3 is 0 Å². The Balaban J connectivity index is 1.53. The van der Waals surface area contributed by atoms with Gasteiger partial charge in [-0.1, -0.05) is 11.6 Å². The summed E-state index contributed by atoms with van der Waals surface area (Å²) in [6.07, 6.45) is 4.75. The molecule has 10 heteroatoms. The van der Waals surface area contributed by atoms with Crippen molar-refractivity contribution in [3.05, 3.63) is 40.0 Å². The first-order valence-corrected chi connectivity index (χ1v) is 12.1. The Kier molecular flexibility index (Phi) is 4.95. The summed E-state index contributed by atoms with van der Waals surface area (Å²) in [5.74, 6) is 0.664. The number of rotatable bonds is 4. The summed E-state index contributed by atoms with van der Waals surface area (Å²) in [6.45, 7) is 1.50. The molecule has 0 unspecified atom stereocenters. The van der Waals surface area contributed by atoms with E-state index in [4.69, 9.17) is 16.3 Å². The maximum Gasteiger partial charge on any atom is 0.243 e. The average Bonchev–Trinajstić information content (AvgIpc) is 3.31. The number of nitrogens with one attached hydrogen (secondary N) is 1. The maximum absolute atomic E-state index is 13.0. The second kappa shape index (κ2) is 7.48. The first-order chi connectivity index (χ1) is 14.0. The number of thiophene rings is 1. The van der Waals surface area contributed by atoms with E-state index >= 15 is 0 Å². The molecule has 3 heterocycles. The van der Waals surface area contributed by atoms with E-state index in [0.29, 0.717) is 42.8 Å². The number of aryl methyl sites for hydroxylation is 2. The highest BCUT2D eigenvalue weighted by molar-refractivity contribution is 7.89. The Morgan fingerprint density at radius 3 is 2.83 bits per heavy atom. The molecule has 29 heavy (non-hydrogen) atoms. The molecule has 3 aromatic rings. The van der Waals surface area contributed by atoms with Gasteiger partial charge in [-0.25, -0.2) is 18.4 Å². The number of aromatic nitrogens is 2. The van der Waals surface area contributed by atoms with Crippen LogP contribution in [0.3, 0.4) is 0 Å². The number of morpholine rings is 1. The summed E-state index contributed by atoms with van der Waals surface area (Å²) in [5.41, 5.74) is 1.81. The van der Waals surface area contributed by atoms with Crippen LogP contribution in [0.5, 0.6) is 0 Å². The van der Waals surface area contributed by atoms with Crippen molar-refractivity contribution in [3.8, 4) is 0 Å². The molecule has 1 aliphatic heterocycles. The monoisotopic (exact) mass is 450 g/mol. The number of hydrogen-bond donors (Lipinski definition) is 1. The fourth-order valence-electron chi connectivity index (χ4n) is 3.85. The van der Waals surface area contributed by atoms with Gasteiger partial charge in [-0.05, 0) is 43.0 Å². The molecule has 0 radical (unpaired) electrons. The molecule has 0 spiro atoms.